The van der Waals surface area contributed by atoms with Gasteiger partial charge in [0.25, 0.3) is 11.6 Å². The summed E-state index contributed by atoms with van der Waals surface area (Å²) in [6, 6.07) is 13.0. The number of nitro benzene ring substituents is 1. The number of rotatable bonds is 9. The number of nitrogens with one attached hydrogen (secondary N) is 1. The molecule has 0 aliphatic heterocycles. The molecule has 0 saturated carbocycles. The number of esters is 1. The quantitative estimate of drug-likeness (QED) is 0.303. The average Bonchev–Trinajstić information content (AvgIpc) is 2.69. The monoisotopic (exact) mass is 387 g/mol. The van der Waals surface area contributed by atoms with E-state index in [0.29, 0.717) is 11.4 Å². The fourth-order valence-electron chi connectivity index (χ4n) is 2.33. The maximum absolute atomic E-state index is 12.3. The number of hydrogen-bond donors (Lipinski definition) is 1. The molecule has 28 heavy (non-hydrogen) atoms. The van der Waals surface area contributed by atoms with E-state index in [-0.39, 0.29) is 24.4 Å². The van der Waals surface area contributed by atoms with E-state index in [4.69, 9.17) is 9.47 Å². The van der Waals surface area contributed by atoms with Gasteiger partial charge in [0.2, 0.25) is 0 Å². The number of carbonyl (C=O) groups is 2. The summed E-state index contributed by atoms with van der Waals surface area (Å²) in [7, 11) is 3.38. The average molecular weight is 387 g/mol. The van der Waals surface area contributed by atoms with Gasteiger partial charge in [0, 0.05) is 26.2 Å². The first-order chi connectivity index (χ1) is 13.4. The predicted molar refractivity (Wildman–Crippen MR) is 103 cm³/mol. The van der Waals surface area contributed by atoms with Crippen molar-refractivity contribution in [2.75, 3.05) is 38.8 Å². The van der Waals surface area contributed by atoms with Crippen molar-refractivity contribution < 1.29 is 24.0 Å². The Labute approximate surface area is 162 Å². The minimum Gasteiger partial charge on any atom is -0.492 e. The fourth-order valence-corrected chi connectivity index (χ4v) is 2.33. The molecule has 2 rings (SSSR count). The number of benzene rings is 2. The lowest BCUT2D eigenvalue weighted by atomic mass is 10.1. The van der Waals surface area contributed by atoms with Crippen LogP contribution in [-0.2, 0) is 9.53 Å². The summed E-state index contributed by atoms with van der Waals surface area (Å²) < 4.78 is 10.4. The largest absolute Gasteiger partial charge is 0.492 e. The third-order valence-electron chi connectivity index (χ3n) is 3.66. The van der Waals surface area contributed by atoms with Gasteiger partial charge in [0.15, 0.2) is 6.61 Å². The molecule has 0 unspecified atom stereocenters. The van der Waals surface area contributed by atoms with Crippen LogP contribution in [0.2, 0.25) is 0 Å². The molecule has 9 heteroatoms. The molecule has 0 atom stereocenters. The summed E-state index contributed by atoms with van der Waals surface area (Å²) in [6.07, 6.45) is 0. The molecule has 0 radical (unpaired) electrons. The Bertz CT molecular complexity index is 839. The number of carbonyl (C=O) groups excluding carboxylic acids is 2. The normalized spacial score (nSPS) is 10.1. The highest BCUT2D eigenvalue weighted by Gasteiger charge is 2.20. The second-order valence-electron chi connectivity index (χ2n) is 5.94. The Morgan fingerprint density at radius 1 is 1.14 bits per heavy atom. The van der Waals surface area contributed by atoms with E-state index in [1.807, 2.05) is 18.2 Å². The van der Waals surface area contributed by atoms with E-state index >= 15 is 0 Å². The topological polar surface area (TPSA) is 111 Å². The number of hydrogen-bond acceptors (Lipinski definition) is 7. The molecule has 148 valence electrons. The van der Waals surface area contributed by atoms with Gasteiger partial charge >= 0.3 is 5.97 Å². The number of non-ortho nitro benzene ring substituents is 1. The Morgan fingerprint density at radius 3 is 2.50 bits per heavy atom. The maximum Gasteiger partial charge on any atom is 0.341 e. The van der Waals surface area contributed by atoms with Crippen LogP contribution in [0.25, 0.3) is 0 Å². The number of anilines is 1. The third-order valence-corrected chi connectivity index (χ3v) is 3.66. The van der Waals surface area contributed by atoms with Crippen LogP contribution in [0, 0.1) is 10.1 Å². The number of para-hydroxylation sites is 1. The van der Waals surface area contributed by atoms with Crippen molar-refractivity contribution in [1.29, 1.82) is 0 Å². The lowest BCUT2D eigenvalue weighted by molar-refractivity contribution is -0.384. The molecule has 1 amide bonds. The molecule has 0 aliphatic rings. The Morgan fingerprint density at radius 2 is 1.86 bits per heavy atom. The fraction of sp³-hybridized carbons (Fsp3) is 0.263. The van der Waals surface area contributed by atoms with Gasteiger partial charge in [-0.15, -0.1) is 0 Å². The molecular weight excluding hydrogens is 366 g/mol. The van der Waals surface area contributed by atoms with Crippen LogP contribution in [0.3, 0.4) is 0 Å². The van der Waals surface area contributed by atoms with Crippen molar-refractivity contribution in [2.45, 2.75) is 0 Å². The van der Waals surface area contributed by atoms with Crippen molar-refractivity contribution in [1.82, 2.24) is 5.32 Å². The van der Waals surface area contributed by atoms with Gasteiger partial charge in [-0.05, 0) is 18.2 Å². The van der Waals surface area contributed by atoms with Crippen LogP contribution in [0.5, 0.6) is 5.75 Å². The molecular formula is C19H21N3O6. The molecule has 0 aliphatic carbocycles. The Balaban J connectivity index is 1.84. The van der Waals surface area contributed by atoms with Crippen molar-refractivity contribution >= 4 is 23.3 Å². The van der Waals surface area contributed by atoms with E-state index < -0.39 is 23.4 Å². The minimum atomic E-state index is -0.817. The first-order valence-electron chi connectivity index (χ1n) is 8.46. The summed E-state index contributed by atoms with van der Waals surface area (Å²) in [6.45, 7) is 0.00409. The number of nitro groups is 1. The summed E-state index contributed by atoms with van der Waals surface area (Å²) in [4.78, 5) is 36.1. The molecule has 2 aromatic carbocycles. The standard InChI is InChI=1S/C19H21N3O6/c1-21(2)17-9-8-14(22(25)26)12-16(17)19(24)28-13-18(23)20-10-11-27-15-6-4-3-5-7-15/h3-9,12H,10-11,13H2,1-2H3,(H,20,23). The minimum absolute atomic E-state index is 0.0133. The van der Waals surface area contributed by atoms with E-state index in [2.05, 4.69) is 5.32 Å². The van der Waals surface area contributed by atoms with Gasteiger partial charge in [-0.3, -0.25) is 14.9 Å². The van der Waals surface area contributed by atoms with Gasteiger partial charge in [-0.25, -0.2) is 4.79 Å². The summed E-state index contributed by atoms with van der Waals surface area (Å²) in [5, 5.41) is 13.5. The molecule has 0 bridgehead atoms. The lowest BCUT2D eigenvalue weighted by Crippen LogP contribution is -2.32. The zero-order valence-corrected chi connectivity index (χ0v) is 15.6. The summed E-state index contributed by atoms with van der Waals surface area (Å²) in [5.74, 6) is -0.630. The first kappa shape index (κ1) is 20.7. The van der Waals surface area contributed by atoms with Crippen LogP contribution in [0.15, 0.2) is 48.5 Å². The van der Waals surface area contributed by atoms with Crippen LogP contribution in [0.1, 0.15) is 10.4 Å². The molecule has 0 aromatic heterocycles. The number of amides is 1. The Kier molecular flexibility index (Phi) is 7.32. The van der Waals surface area contributed by atoms with Crippen molar-refractivity contribution in [3.8, 4) is 5.75 Å². The molecule has 1 N–H and O–H groups in total. The third kappa shape index (κ3) is 5.97. The lowest BCUT2D eigenvalue weighted by Gasteiger charge is -2.16. The summed E-state index contributed by atoms with van der Waals surface area (Å²) >= 11 is 0. The smallest absolute Gasteiger partial charge is 0.341 e. The van der Waals surface area contributed by atoms with E-state index in [1.54, 1.807) is 31.1 Å². The van der Waals surface area contributed by atoms with Gasteiger partial charge in [-0.1, -0.05) is 18.2 Å². The number of nitrogens with zero attached hydrogens (tertiary/aromatic N) is 2. The van der Waals surface area contributed by atoms with Gasteiger partial charge in [0.05, 0.1) is 22.7 Å². The van der Waals surface area contributed by atoms with E-state index in [0.717, 1.165) is 6.07 Å². The maximum atomic E-state index is 12.3. The van der Waals surface area contributed by atoms with Crippen LogP contribution < -0.4 is 15.0 Å². The molecule has 0 spiro atoms. The van der Waals surface area contributed by atoms with Gasteiger partial charge < -0.3 is 19.7 Å². The second-order valence-corrected chi connectivity index (χ2v) is 5.94. The van der Waals surface area contributed by atoms with Crippen molar-refractivity contribution in [3.05, 3.63) is 64.2 Å². The highest BCUT2D eigenvalue weighted by Crippen LogP contribution is 2.24. The van der Waals surface area contributed by atoms with E-state index in [9.17, 15) is 19.7 Å². The molecule has 0 saturated heterocycles. The molecule has 9 nitrogen and oxygen atoms in total. The predicted octanol–water partition coefficient (Wildman–Crippen LogP) is 2.01. The van der Waals surface area contributed by atoms with Crippen LogP contribution in [0.4, 0.5) is 11.4 Å². The second kappa shape index (κ2) is 9.91. The van der Waals surface area contributed by atoms with Crippen LogP contribution in [-0.4, -0.2) is 50.7 Å². The first-order valence-corrected chi connectivity index (χ1v) is 8.46. The molecule has 0 fully saturated rings. The SMILES string of the molecule is CN(C)c1ccc([N+](=O)[O-])cc1C(=O)OCC(=O)NCCOc1ccccc1. The highest BCUT2D eigenvalue weighted by atomic mass is 16.6. The summed E-state index contributed by atoms with van der Waals surface area (Å²) in [5.41, 5.74) is 0.228. The molecule has 2 aromatic rings. The highest BCUT2D eigenvalue weighted by molar-refractivity contribution is 5.97. The van der Waals surface area contributed by atoms with Crippen LogP contribution >= 0.6 is 0 Å². The van der Waals surface area contributed by atoms with E-state index in [1.165, 1.54) is 12.1 Å². The zero-order valence-electron chi connectivity index (χ0n) is 15.6. The zero-order chi connectivity index (χ0) is 20.5. The number of ether oxygens (including phenoxy) is 2. The van der Waals surface area contributed by atoms with Crippen molar-refractivity contribution in [2.24, 2.45) is 0 Å². The van der Waals surface area contributed by atoms with Gasteiger partial charge in [-0.2, -0.15) is 0 Å². The molecule has 0 heterocycles. The van der Waals surface area contributed by atoms with Gasteiger partial charge in [0.1, 0.15) is 12.4 Å². The van der Waals surface area contributed by atoms with Crippen molar-refractivity contribution in [3.63, 3.8) is 0 Å². The Hall–Kier alpha value is -3.62.